The fourth-order valence-corrected chi connectivity index (χ4v) is 3.20. The lowest BCUT2D eigenvalue weighted by molar-refractivity contribution is 0.0955. The molecule has 0 radical (unpaired) electrons. The molecule has 0 saturated heterocycles. The smallest absolute Gasteiger partial charge is 0.271 e. The maximum Gasteiger partial charge on any atom is 0.271 e. The number of hydrazone groups is 1. The molecule has 0 spiro atoms. The second kappa shape index (κ2) is 8.80. The van der Waals surface area contributed by atoms with Crippen molar-refractivity contribution in [1.29, 1.82) is 0 Å². The fourth-order valence-electron chi connectivity index (χ4n) is 2.98. The number of fused-ring (bicyclic) bond motifs is 1. The SMILES string of the molecule is CCOc1ccc(/C=N/NC(=O)c2ccc3nc(-c4ccccc4Cl)[nH]c3c2)cc1. The summed E-state index contributed by atoms with van der Waals surface area (Å²) >= 11 is 6.25. The van der Waals surface area contributed by atoms with Gasteiger partial charge in [0.05, 0.1) is 28.9 Å². The average Bonchev–Trinajstić information content (AvgIpc) is 3.18. The van der Waals surface area contributed by atoms with E-state index < -0.39 is 0 Å². The van der Waals surface area contributed by atoms with Crippen molar-refractivity contribution in [3.8, 4) is 17.1 Å². The lowest BCUT2D eigenvalue weighted by Crippen LogP contribution is -2.17. The second-order valence-electron chi connectivity index (χ2n) is 6.50. The van der Waals surface area contributed by atoms with E-state index in [0.29, 0.717) is 23.0 Å². The largest absolute Gasteiger partial charge is 0.494 e. The van der Waals surface area contributed by atoms with Crippen LogP contribution >= 0.6 is 11.6 Å². The zero-order valence-electron chi connectivity index (χ0n) is 16.2. The number of rotatable bonds is 6. The number of nitrogens with one attached hydrogen (secondary N) is 2. The first-order chi connectivity index (χ1) is 14.6. The molecule has 30 heavy (non-hydrogen) atoms. The van der Waals surface area contributed by atoms with Crippen molar-refractivity contribution in [3.63, 3.8) is 0 Å². The monoisotopic (exact) mass is 418 g/mol. The summed E-state index contributed by atoms with van der Waals surface area (Å²) in [5.74, 6) is 1.14. The third kappa shape index (κ3) is 4.34. The minimum Gasteiger partial charge on any atom is -0.494 e. The molecule has 0 atom stereocenters. The molecule has 150 valence electrons. The van der Waals surface area contributed by atoms with Crippen molar-refractivity contribution in [2.75, 3.05) is 6.61 Å². The summed E-state index contributed by atoms with van der Waals surface area (Å²) in [6, 6.07) is 20.2. The van der Waals surface area contributed by atoms with Crippen LogP contribution in [0.1, 0.15) is 22.8 Å². The highest BCUT2D eigenvalue weighted by Gasteiger charge is 2.11. The highest BCUT2D eigenvalue weighted by molar-refractivity contribution is 6.33. The lowest BCUT2D eigenvalue weighted by atomic mass is 10.2. The number of hydrogen-bond donors (Lipinski definition) is 2. The van der Waals surface area contributed by atoms with Crippen LogP contribution in [0.5, 0.6) is 5.75 Å². The number of benzene rings is 3. The van der Waals surface area contributed by atoms with Gasteiger partial charge in [0, 0.05) is 11.1 Å². The summed E-state index contributed by atoms with van der Waals surface area (Å²) in [6.07, 6.45) is 1.58. The number of nitrogens with zero attached hydrogens (tertiary/aromatic N) is 2. The topological polar surface area (TPSA) is 79.4 Å². The molecular weight excluding hydrogens is 400 g/mol. The summed E-state index contributed by atoms with van der Waals surface area (Å²) in [7, 11) is 0. The van der Waals surface area contributed by atoms with Crippen LogP contribution in [0.15, 0.2) is 71.8 Å². The minimum absolute atomic E-state index is 0.312. The van der Waals surface area contributed by atoms with Gasteiger partial charge in [0.1, 0.15) is 11.6 Å². The Hall–Kier alpha value is -3.64. The molecule has 1 amide bonds. The highest BCUT2D eigenvalue weighted by atomic mass is 35.5. The normalized spacial score (nSPS) is 11.1. The van der Waals surface area contributed by atoms with Crippen LogP contribution in [0, 0.1) is 0 Å². The first-order valence-corrected chi connectivity index (χ1v) is 9.83. The third-order valence-electron chi connectivity index (χ3n) is 4.44. The number of halogens is 1. The van der Waals surface area contributed by atoms with Crippen molar-refractivity contribution >= 4 is 34.8 Å². The fraction of sp³-hybridized carbons (Fsp3) is 0.0870. The van der Waals surface area contributed by atoms with Crippen molar-refractivity contribution < 1.29 is 9.53 Å². The molecule has 3 aromatic carbocycles. The molecular formula is C23H19ClN4O2. The third-order valence-corrected chi connectivity index (χ3v) is 4.77. The zero-order chi connectivity index (χ0) is 20.9. The summed E-state index contributed by atoms with van der Waals surface area (Å²) < 4.78 is 5.40. The standard InChI is InChI=1S/C23H19ClN4O2/c1-2-30-17-10-7-15(8-11-17)14-25-28-23(29)16-9-12-20-21(13-16)27-22(26-20)18-5-3-4-6-19(18)24/h3-14H,2H2,1H3,(H,26,27)(H,28,29)/b25-14+. The van der Waals surface area contributed by atoms with Gasteiger partial charge in [0.2, 0.25) is 0 Å². The zero-order valence-corrected chi connectivity index (χ0v) is 17.0. The minimum atomic E-state index is -0.312. The Labute approximate surface area is 178 Å². The molecule has 0 bridgehead atoms. The van der Waals surface area contributed by atoms with Gasteiger partial charge in [-0.05, 0) is 67.1 Å². The molecule has 2 N–H and O–H groups in total. The van der Waals surface area contributed by atoms with Gasteiger partial charge >= 0.3 is 0 Å². The highest BCUT2D eigenvalue weighted by Crippen LogP contribution is 2.27. The average molecular weight is 419 g/mol. The Balaban J connectivity index is 1.47. The molecule has 7 heteroatoms. The number of hydrogen-bond acceptors (Lipinski definition) is 4. The second-order valence-corrected chi connectivity index (χ2v) is 6.91. The number of carbonyl (C=O) groups excluding carboxylic acids is 1. The van der Waals surface area contributed by atoms with E-state index in [4.69, 9.17) is 16.3 Å². The van der Waals surface area contributed by atoms with Crippen LogP contribution in [0.2, 0.25) is 5.02 Å². The van der Waals surface area contributed by atoms with E-state index in [2.05, 4.69) is 20.5 Å². The molecule has 6 nitrogen and oxygen atoms in total. The van der Waals surface area contributed by atoms with Gasteiger partial charge in [-0.25, -0.2) is 10.4 Å². The van der Waals surface area contributed by atoms with Gasteiger partial charge < -0.3 is 9.72 Å². The number of ether oxygens (including phenoxy) is 1. The van der Waals surface area contributed by atoms with Crippen LogP contribution in [0.25, 0.3) is 22.4 Å². The van der Waals surface area contributed by atoms with Crippen LogP contribution in [-0.2, 0) is 0 Å². The first-order valence-electron chi connectivity index (χ1n) is 9.45. The van der Waals surface area contributed by atoms with Crippen LogP contribution in [0.3, 0.4) is 0 Å². The summed E-state index contributed by atoms with van der Waals surface area (Å²) in [4.78, 5) is 20.2. The van der Waals surface area contributed by atoms with Crippen LogP contribution < -0.4 is 10.2 Å². The number of imidazole rings is 1. The number of carbonyl (C=O) groups is 1. The lowest BCUT2D eigenvalue weighted by Gasteiger charge is -2.02. The van der Waals surface area contributed by atoms with Gasteiger partial charge in [0.25, 0.3) is 5.91 Å². The summed E-state index contributed by atoms with van der Waals surface area (Å²) in [5, 5.41) is 4.64. The van der Waals surface area contributed by atoms with E-state index >= 15 is 0 Å². The van der Waals surface area contributed by atoms with Crippen molar-refractivity contribution in [1.82, 2.24) is 15.4 Å². The molecule has 1 aromatic heterocycles. The predicted molar refractivity (Wildman–Crippen MR) is 119 cm³/mol. The Kier molecular flexibility index (Phi) is 5.77. The first kappa shape index (κ1) is 19.7. The van der Waals surface area contributed by atoms with E-state index in [1.807, 2.05) is 55.5 Å². The molecule has 4 aromatic rings. The Morgan fingerprint density at radius 3 is 2.73 bits per heavy atom. The number of amides is 1. The molecule has 0 aliphatic heterocycles. The van der Waals surface area contributed by atoms with Crippen molar-refractivity contribution in [2.24, 2.45) is 5.10 Å². The predicted octanol–water partition coefficient (Wildman–Crippen LogP) is 5.05. The van der Waals surface area contributed by atoms with Crippen LogP contribution in [-0.4, -0.2) is 28.7 Å². The van der Waals surface area contributed by atoms with E-state index in [-0.39, 0.29) is 5.91 Å². The van der Waals surface area contributed by atoms with E-state index in [9.17, 15) is 4.79 Å². The summed E-state index contributed by atoms with van der Waals surface area (Å²) in [6.45, 7) is 2.55. The Bertz CT molecular complexity index is 1220. The van der Waals surface area contributed by atoms with Gasteiger partial charge in [-0.15, -0.1) is 0 Å². The van der Waals surface area contributed by atoms with Crippen molar-refractivity contribution in [3.05, 3.63) is 82.9 Å². The molecule has 0 unspecified atom stereocenters. The Morgan fingerprint density at radius 1 is 1.17 bits per heavy atom. The van der Waals surface area contributed by atoms with E-state index in [1.54, 1.807) is 24.4 Å². The number of aromatic amines is 1. The molecule has 0 aliphatic rings. The molecule has 4 rings (SSSR count). The number of H-pyrrole nitrogens is 1. The maximum absolute atomic E-state index is 12.4. The molecule has 1 heterocycles. The maximum atomic E-state index is 12.4. The van der Waals surface area contributed by atoms with E-state index in [0.717, 1.165) is 27.9 Å². The van der Waals surface area contributed by atoms with Gasteiger partial charge in [-0.2, -0.15) is 5.10 Å². The van der Waals surface area contributed by atoms with Crippen LogP contribution in [0.4, 0.5) is 0 Å². The van der Waals surface area contributed by atoms with Gasteiger partial charge in [0.15, 0.2) is 0 Å². The number of aromatic nitrogens is 2. The summed E-state index contributed by atoms with van der Waals surface area (Å²) in [5.41, 5.74) is 6.17. The van der Waals surface area contributed by atoms with Crippen molar-refractivity contribution in [2.45, 2.75) is 6.92 Å². The van der Waals surface area contributed by atoms with Gasteiger partial charge in [-0.1, -0.05) is 23.7 Å². The quantitative estimate of drug-likeness (QED) is 0.340. The molecule has 0 saturated carbocycles. The molecule has 0 aliphatic carbocycles. The van der Waals surface area contributed by atoms with Gasteiger partial charge in [-0.3, -0.25) is 4.79 Å². The Morgan fingerprint density at radius 2 is 1.97 bits per heavy atom. The molecule has 0 fully saturated rings. The van der Waals surface area contributed by atoms with E-state index in [1.165, 1.54) is 0 Å².